The molecule has 0 radical (unpaired) electrons. The summed E-state index contributed by atoms with van der Waals surface area (Å²) in [6.07, 6.45) is 64.3. The molecule has 6 heteroatoms. The van der Waals surface area contributed by atoms with Crippen molar-refractivity contribution in [1.82, 2.24) is 0 Å². The Bertz CT molecular complexity index is 1090. The van der Waals surface area contributed by atoms with Gasteiger partial charge in [-0.3, -0.25) is 14.4 Å². The number of unbranched alkanes of at least 4 members (excludes halogenated alkanes) is 35. The van der Waals surface area contributed by atoms with Gasteiger partial charge in [-0.15, -0.1) is 0 Å². The number of esters is 3. The molecule has 0 amide bonds. The average molecular weight is 914 g/mol. The van der Waals surface area contributed by atoms with E-state index in [9.17, 15) is 14.4 Å². The summed E-state index contributed by atoms with van der Waals surface area (Å²) < 4.78 is 16.8. The third-order valence-electron chi connectivity index (χ3n) is 12.6. The van der Waals surface area contributed by atoms with Gasteiger partial charge in [0.25, 0.3) is 0 Å². The minimum absolute atomic E-state index is 0.0687. The number of carbonyl (C=O) groups excluding carboxylic acids is 3. The van der Waals surface area contributed by atoms with E-state index in [0.29, 0.717) is 19.3 Å². The van der Waals surface area contributed by atoms with Crippen molar-refractivity contribution in [3.8, 4) is 0 Å². The normalized spacial score (nSPS) is 12.2. The Morgan fingerprint density at radius 2 is 0.554 bits per heavy atom. The van der Waals surface area contributed by atoms with Crippen LogP contribution in [0.2, 0.25) is 0 Å². The van der Waals surface area contributed by atoms with Gasteiger partial charge in [-0.05, 0) is 57.8 Å². The summed E-state index contributed by atoms with van der Waals surface area (Å²) >= 11 is 0. The van der Waals surface area contributed by atoms with Crippen molar-refractivity contribution in [2.75, 3.05) is 13.2 Å². The Morgan fingerprint density at radius 3 is 0.862 bits per heavy atom. The standard InChI is InChI=1S/C59H108O6/c1-4-7-10-13-16-19-22-24-25-26-27-28-29-30-31-32-33-34-35-36-38-40-43-46-49-52-58(61)64-55-56(54-63-57(60)51-48-45-42-39-21-18-15-12-9-6-3)65-59(62)53-50-47-44-41-37-23-20-17-14-11-8-5-2/h22,24,26-27,29-30,56H,4-21,23,25,28,31-55H2,1-3H3/b24-22-,27-26-,30-29-. The van der Waals surface area contributed by atoms with Crippen molar-refractivity contribution < 1.29 is 28.6 Å². The highest BCUT2D eigenvalue weighted by atomic mass is 16.6. The van der Waals surface area contributed by atoms with Gasteiger partial charge in [0.2, 0.25) is 0 Å². The largest absolute Gasteiger partial charge is 0.462 e. The maximum Gasteiger partial charge on any atom is 0.306 e. The quantitative estimate of drug-likeness (QED) is 0.0262. The van der Waals surface area contributed by atoms with Crippen molar-refractivity contribution in [1.29, 1.82) is 0 Å². The molecule has 0 heterocycles. The van der Waals surface area contributed by atoms with Gasteiger partial charge in [-0.1, -0.05) is 263 Å². The van der Waals surface area contributed by atoms with Crippen molar-refractivity contribution >= 4 is 17.9 Å². The first-order valence-corrected chi connectivity index (χ1v) is 28.5. The molecule has 0 fully saturated rings. The summed E-state index contributed by atoms with van der Waals surface area (Å²) in [5.41, 5.74) is 0. The highest BCUT2D eigenvalue weighted by molar-refractivity contribution is 5.71. The third-order valence-corrected chi connectivity index (χ3v) is 12.6. The van der Waals surface area contributed by atoms with Crippen LogP contribution >= 0.6 is 0 Å². The second-order valence-corrected chi connectivity index (χ2v) is 19.2. The third kappa shape index (κ3) is 52.5. The summed E-state index contributed by atoms with van der Waals surface area (Å²) in [7, 11) is 0. The Morgan fingerprint density at radius 1 is 0.308 bits per heavy atom. The predicted octanol–water partition coefficient (Wildman–Crippen LogP) is 18.9. The molecule has 0 aliphatic heterocycles. The maximum atomic E-state index is 12.8. The topological polar surface area (TPSA) is 78.9 Å². The molecule has 0 saturated heterocycles. The van der Waals surface area contributed by atoms with Gasteiger partial charge < -0.3 is 14.2 Å². The van der Waals surface area contributed by atoms with E-state index in [2.05, 4.69) is 57.2 Å². The van der Waals surface area contributed by atoms with Gasteiger partial charge in [-0.2, -0.15) is 0 Å². The molecule has 1 atom stereocenters. The van der Waals surface area contributed by atoms with Crippen molar-refractivity contribution in [3.63, 3.8) is 0 Å². The van der Waals surface area contributed by atoms with Crippen molar-refractivity contribution in [3.05, 3.63) is 36.5 Å². The van der Waals surface area contributed by atoms with Crippen LogP contribution in [0, 0.1) is 0 Å². The van der Waals surface area contributed by atoms with E-state index in [0.717, 1.165) is 70.6 Å². The lowest BCUT2D eigenvalue weighted by molar-refractivity contribution is -0.167. The fourth-order valence-corrected chi connectivity index (χ4v) is 8.33. The fraction of sp³-hybridized carbons (Fsp3) is 0.847. The van der Waals surface area contributed by atoms with Crippen LogP contribution in [0.3, 0.4) is 0 Å². The van der Waals surface area contributed by atoms with E-state index >= 15 is 0 Å². The maximum absolute atomic E-state index is 12.8. The molecule has 0 aromatic rings. The molecule has 65 heavy (non-hydrogen) atoms. The van der Waals surface area contributed by atoms with E-state index in [1.54, 1.807) is 0 Å². The fourth-order valence-electron chi connectivity index (χ4n) is 8.33. The number of rotatable bonds is 52. The first kappa shape index (κ1) is 62.6. The van der Waals surface area contributed by atoms with Gasteiger partial charge in [0, 0.05) is 19.3 Å². The van der Waals surface area contributed by atoms with Crippen LogP contribution in [0.15, 0.2) is 36.5 Å². The molecular formula is C59H108O6. The molecule has 0 bridgehead atoms. The Hall–Kier alpha value is -2.37. The number of ether oxygens (including phenoxy) is 3. The highest BCUT2D eigenvalue weighted by Gasteiger charge is 2.19. The van der Waals surface area contributed by atoms with Gasteiger partial charge in [0.15, 0.2) is 6.10 Å². The van der Waals surface area contributed by atoms with Crippen molar-refractivity contribution in [2.24, 2.45) is 0 Å². The van der Waals surface area contributed by atoms with Crippen LogP contribution in [0.25, 0.3) is 0 Å². The molecule has 6 nitrogen and oxygen atoms in total. The summed E-state index contributed by atoms with van der Waals surface area (Å²) in [5, 5.41) is 0. The Kier molecular flexibility index (Phi) is 52.3. The monoisotopic (exact) mass is 913 g/mol. The second kappa shape index (κ2) is 54.2. The first-order chi connectivity index (χ1) is 32.0. The number of hydrogen-bond acceptors (Lipinski definition) is 6. The number of carbonyl (C=O) groups is 3. The molecule has 0 aromatic carbocycles. The van der Waals surface area contributed by atoms with Crippen LogP contribution in [0.4, 0.5) is 0 Å². The molecule has 0 N–H and O–H groups in total. The SMILES string of the molecule is CCCCCCC/C=C\C/C=C\C/C=C\CCCCCCCCCCCCC(=O)OCC(COC(=O)CCCCCCCCCCCC)OC(=O)CCCCCCCCCCCCCC. The lowest BCUT2D eigenvalue weighted by Crippen LogP contribution is -2.30. The highest BCUT2D eigenvalue weighted by Crippen LogP contribution is 2.16. The molecule has 0 aliphatic rings. The minimum atomic E-state index is -0.767. The van der Waals surface area contributed by atoms with Crippen LogP contribution in [0.1, 0.15) is 303 Å². The van der Waals surface area contributed by atoms with Gasteiger partial charge in [0.1, 0.15) is 13.2 Å². The van der Waals surface area contributed by atoms with Gasteiger partial charge >= 0.3 is 17.9 Å². The Labute approximate surface area is 404 Å². The summed E-state index contributed by atoms with van der Waals surface area (Å²) in [5.74, 6) is -0.860. The zero-order valence-electron chi connectivity index (χ0n) is 43.5. The van der Waals surface area contributed by atoms with Gasteiger partial charge in [-0.25, -0.2) is 0 Å². The molecule has 0 aromatic heterocycles. The van der Waals surface area contributed by atoms with Crippen molar-refractivity contribution in [2.45, 2.75) is 309 Å². The number of allylic oxidation sites excluding steroid dienone is 6. The van der Waals surface area contributed by atoms with Gasteiger partial charge in [0.05, 0.1) is 0 Å². The molecule has 0 saturated carbocycles. The molecule has 0 aliphatic carbocycles. The van der Waals surface area contributed by atoms with Crippen LogP contribution in [-0.2, 0) is 28.6 Å². The molecule has 380 valence electrons. The predicted molar refractivity (Wildman–Crippen MR) is 279 cm³/mol. The Balaban J connectivity index is 4.18. The number of hydrogen-bond donors (Lipinski definition) is 0. The van der Waals surface area contributed by atoms with E-state index in [1.807, 2.05) is 0 Å². The van der Waals surface area contributed by atoms with E-state index in [4.69, 9.17) is 14.2 Å². The van der Waals surface area contributed by atoms with E-state index < -0.39 is 6.10 Å². The van der Waals surface area contributed by atoms with E-state index in [1.165, 1.54) is 193 Å². The molecule has 0 rings (SSSR count). The summed E-state index contributed by atoms with van der Waals surface area (Å²) in [4.78, 5) is 38.0. The lowest BCUT2D eigenvalue weighted by Gasteiger charge is -2.18. The molecule has 1 unspecified atom stereocenters. The van der Waals surface area contributed by atoms with E-state index in [-0.39, 0.29) is 31.1 Å². The zero-order chi connectivity index (χ0) is 47.2. The first-order valence-electron chi connectivity index (χ1n) is 28.5. The minimum Gasteiger partial charge on any atom is -0.462 e. The van der Waals surface area contributed by atoms with Crippen LogP contribution < -0.4 is 0 Å². The zero-order valence-corrected chi connectivity index (χ0v) is 43.5. The summed E-state index contributed by atoms with van der Waals surface area (Å²) in [6, 6.07) is 0. The molecule has 0 spiro atoms. The lowest BCUT2D eigenvalue weighted by atomic mass is 10.0. The second-order valence-electron chi connectivity index (χ2n) is 19.2. The smallest absolute Gasteiger partial charge is 0.306 e. The summed E-state index contributed by atoms with van der Waals surface area (Å²) in [6.45, 7) is 6.64. The van der Waals surface area contributed by atoms with Crippen LogP contribution in [0.5, 0.6) is 0 Å². The molecular weight excluding hydrogens is 805 g/mol. The average Bonchev–Trinajstić information content (AvgIpc) is 3.30. The van der Waals surface area contributed by atoms with Crippen LogP contribution in [-0.4, -0.2) is 37.2 Å².